The van der Waals surface area contributed by atoms with E-state index in [9.17, 15) is 4.79 Å². The van der Waals surface area contributed by atoms with Crippen LogP contribution in [0.25, 0.3) is 5.69 Å². The van der Waals surface area contributed by atoms with Crippen molar-refractivity contribution in [2.75, 3.05) is 5.75 Å². The molecule has 1 N–H and O–H groups in total. The van der Waals surface area contributed by atoms with E-state index in [-0.39, 0.29) is 11.7 Å². The Morgan fingerprint density at radius 2 is 2.16 bits per heavy atom. The number of hydrogen-bond acceptors (Lipinski definition) is 4. The summed E-state index contributed by atoms with van der Waals surface area (Å²) < 4.78 is 1.94. The van der Waals surface area contributed by atoms with Gasteiger partial charge in [0, 0.05) is 36.4 Å². The maximum Gasteiger partial charge on any atom is 0.230 e. The molecule has 3 aromatic rings. The van der Waals surface area contributed by atoms with Gasteiger partial charge in [-0.2, -0.15) is 0 Å². The minimum Gasteiger partial charge on any atom is -0.351 e. The van der Waals surface area contributed by atoms with E-state index >= 15 is 0 Å². The minimum atomic E-state index is -0.0498. The van der Waals surface area contributed by atoms with Crippen LogP contribution in [-0.2, 0) is 11.3 Å². The van der Waals surface area contributed by atoms with Gasteiger partial charge >= 0.3 is 0 Å². The van der Waals surface area contributed by atoms with Gasteiger partial charge in [-0.25, -0.2) is 4.98 Å². The molecule has 128 valence electrons. The highest BCUT2D eigenvalue weighted by molar-refractivity contribution is 7.99. The molecule has 0 aliphatic rings. The molecule has 0 atom stereocenters. The molecule has 3 rings (SSSR count). The first kappa shape index (κ1) is 17.5. The van der Waals surface area contributed by atoms with Gasteiger partial charge in [0.2, 0.25) is 5.91 Å². The smallest absolute Gasteiger partial charge is 0.230 e. The first-order chi connectivity index (χ1) is 12.1. The Labute approximate surface area is 155 Å². The summed E-state index contributed by atoms with van der Waals surface area (Å²) in [6, 6.07) is 9.51. The van der Waals surface area contributed by atoms with Crippen molar-refractivity contribution in [3.8, 4) is 5.69 Å². The Balaban J connectivity index is 1.62. The molecule has 2 heterocycles. The third-order valence-corrected chi connectivity index (χ3v) is 5.03. The number of pyridine rings is 1. The molecule has 0 saturated heterocycles. The molecule has 0 unspecified atom stereocenters. The average molecular weight is 373 g/mol. The maximum absolute atomic E-state index is 12.1. The molecule has 0 spiro atoms. The number of halogens is 1. The highest BCUT2D eigenvalue weighted by Gasteiger charge is 2.11. The summed E-state index contributed by atoms with van der Waals surface area (Å²) in [5.74, 6) is 0.239. The molecule has 0 saturated carbocycles. The number of benzene rings is 1. The number of imidazole rings is 1. The first-order valence-corrected chi connectivity index (χ1v) is 9.09. The highest BCUT2D eigenvalue weighted by Crippen LogP contribution is 2.26. The first-order valence-electron chi connectivity index (χ1n) is 7.72. The van der Waals surface area contributed by atoms with Gasteiger partial charge in [-0.1, -0.05) is 35.5 Å². The van der Waals surface area contributed by atoms with Crippen molar-refractivity contribution >= 4 is 29.3 Å². The molecule has 0 bridgehead atoms. The molecular weight excluding hydrogens is 356 g/mol. The molecule has 1 aromatic carbocycles. The summed E-state index contributed by atoms with van der Waals surface area (Å²) in [6.45, 7) is 2.43. The van der Waals surface area contributed by atoms with Crippen LogP contribution < -0.4 is 5.32 Å². The molecule has 0 aliphatic heterocycles. The van der Waals surface area contributed by atoms with Crippen LogP contribution in [0.4, 0.5) is 0 Å². The van der Waals surface area contributed by atoms with E-state index in [1.165, 1.54) is 11.8 Å². The monoisotopic (exact) mass is 372 g/mol. The topological polar surface area (TPSA) is 59.8 Å². The zero-order valence-electron chi connectivity index (χ0n) is 13.6. The van der Waals surface area contributed by atoms with Crippen LogP contribution in [0, 0.1) is 6.92 Å². The highest BCUT2D eigenvalue weighted by atomic mass is 35.5. The summed E-state index contributed by atoms with van der Waals surface area (Å²) in [4.78, 5) is 20.4. The second-order valence-corrected chi connectivity index (χ2v) is 6.74. The molecule has 0 fully saturated rings. The largest absolute Gasteiger partial charge is 0.351 e. The molecule has 7 heteroatoms. The van der Waals surface area contributed by atoms with Gasteiger partial charge in [-0.05, 0) is 36.2 Å². The number of aromatic nitrogens is 3. The van der Waals surface area contributed by atoms with Crippen molar-refractivity contribution in [3.63, 3.8) is 0 Å². The normalized spacial score (nSPS) is 10.6. The van der Waals surface area contributed by atoms with Gasteiger partial charge in [-0.15, -0.1) is 0 Å². The van der Waals surface area contributed by atoms with Gasteiger partial charge < -0.3 is 5.32 Å². The lowest BCUT2D eigenvalue weighted by atomic mass is 10.2. The van der Waals surface area contributed by atoms with Crippen LogP contribution in [0.15, 0.2) is 60.3 Å². The predicted octanol–water partition coefficient (Wildman–Crippen LogP) is 3.64. The fourth-order valence-corrected chi connectivity index (χ4v) is 3.29. The van der Waals surface area contributed by atoms with E-state index in [1.54, 1.807) is 18.6 Å². The molecule has 25 heavy (non-hydrogen) atoms. The molecule has 1 amide bonds. The van der Waals surface area contributed by atoms with E-state index in [1.807, 2.05) is 48.0 Å². The fraction of sp³-hybridized carbons (Fsp3) is 0.167. The van der Waals surface area contributed by atoms with Crippen molar-refractivity contribution in [1.82, 2.24) is 19.9 Å². The number of hydrogen-bond donors (Lipinski definition) is 1. The molecule has 2 aromatic heterocycles. The zero-order chi connectivity index (χ0) is 17.6. The zero-order valence-corrected chi connectivity index (χ0v) is 15.2. The Hall–Kier alpha value is -2.31. The summed E-state index contributed by atoms with van der Waals surface area (Å²) in [7, 11) is 0. The van der Waals surface area contributed by atoms with E-state index in [4.69, 9.17) is 11.6 Å². The number of carbonyl (C=O) groups is 1. The van der Waals surface area contributed by atoms with Crippen LogP contribution in [0.2, 0.25) is 5.02 Å². The van der Waals surface area contributed by atoms with E-state index in [2.05, 4.69) is 15.3 Å². The van der Waals surface area contributed by atoms with Crippen LogP contribution in [0.5, 0.6) is 0 Å². The summed E-state index contributed by atoms with van der Waals surface area (Å²) >= 11 is 7.59. The minimum absolute atomic E-state index is 0.0498. The van der Waals surface area contributed by atoms with E-state index in [0.29, 0.717) is 11.6 Å². The average Bonchev–Trinajstić information content (AvgIpc) is 3.10. The molecular formula is C18H17ClN4OS. The molecule has 0 radical (unpaired) electrons. The van der Waals surface area contributed by atoms with Gasteiger partial charge in [-0.3, -0.25) is 14.3 Å². The lowest BCUT2D eigenvalue weighted by Gasteiger charge is -2.11. The standard InChI is InChI=1S/C18H17ClN4OS/c1-13-15(19)5-2-6-16(13)23-9-8-21-18(23)25-12-17(24)22-11-14-4-3-7-20-10-14/h2-10H,11-12H2,1H3,(H,22,24). The second kappa shape index (κ2) is 8.18. The van der Waals surface area contributed by atoms with Crippen molar-refractivity contribution in [2.24, 2.45) is 0 Å². The van der Waals surface area contributed by atoms with Gasteiger partial charge in [0.15, 0.2) is 5.16 Å². The lowest BCUT2D eigenvalue weighted by molar-refractivity contribution is -0.118. The van der Waals surface area contributed by atoms with Crippen LogP contribution >= 0.6 is 23.4 Å². The van der Waals surface area contributed by atoms with Crippen molar-refractivity contribution < 1.29 is 4.79 Å². The van der Waals surface area contributed by atoms with Crippen LogP contribution in [-0.4, -0.2) is 26.2 Å². The maximum atomic E-state index is 12.1. The van der Waals surface area contributed by atoms with E-state index < -0.39 is 0 Å². The number of amides is 1. The number of rotatable bonds is 6. The number of nitrogens with zero attached hydrogens (tertiary/aromatic N) is 3. The molecule has 5 nitrogen and oxygen atoms in total. The molecule has 0 aliphatic carbocycles. The lowest BCUT2D eigenvalue weighted by Crippen LogP contribution is -2.24. The van der Waals surface area contributed by atoms with Crippen LogP contribution in [0.3, 0.4) is 0 Å². The number of carbonyl (C=O) groups excluding carboxylic acids is 1. The van der Waals surface area contributed by atoms with Crippen molar-refractivity contribution in [3.05, 3.63) is 71.3 Å². The second-order valence-electron chi connectivity index (χ2n) is 5.39. The number of nitrogens with one attached hydrogen (secondary N) is 1. The summed E-state index contributed by atoms with van der Waals surface area (Å²) in [6.07, 6.45) is 7.03. The van der Waals surface area contributed by atoms with Gasteiger partial charge in [0.05, 0.1) is 11.4 Å². The van der Waals surface area contributed by atoms with Crippen molar-refractivity contribution in [2.45, 2.75) is 18.6 Å². The Bertz CT molecular complexity index is 867. The van der Waals surface area contributed by atoms with Gasteiger partial charge in [0.1, 0.15) is 0 Å². The Kier molecular flexibility index (Phi) is 5.73. The fourth-order valence-electron chi connectivity index (χ4n) is 2.32. The third kappa shape index (κ3) is 4.41. The Morgan fingerprint density at radius 1 is 1.28 bits per heavy atom. The SMILES string of the molecule is Cc1c(Cl)cccc1-n1ccnc1SCC(=O)NCc1cccnc1. The third-order valence-electron chi connectivity index (χ3n) is 3.65. The van der Waals surface area contributed by atoms with Crippen LogP contribution in [0.1, 0.15) is 11.1 Å². The quantitative estimate of drug-likeness (QED) is 0.671. The van der Waals surface area contributed by atoms with E-state index in [0.717, 1.165) is 22.0 Å². The predicted molar refractivity (Wildman–Crippen MR) is 100 cm³/mol. The summed E-state index contributed by atoms with van der Waals surface area (Å²) in [5, 5.41) is 4.34. The summed E-state index contributed by atoms with van der Waals surface area (Å²) in [5.41, 5.74) is 2.91. The van der Waals surface area contributed by atoms with Gasteiger partial charge in [0.25, 0.3) is 0 Å². The number of thioether (sulfide) groups is 1. The Morgan fingerprint density at radius 3 is 2.96 bits per heavy atom. The van der Waals surface area contributed by atoms with Crippen molar-refractivity contribution in [1.29, 1.82) is 0 Å².